The lowest BCUT2D eigenvalue weighted by Gasteiger charge is -2.13. The number of aromatic nitrogens is 3. The van der Waals surface area contributed by atoms with Crippen LogP contribution in [0.4, 0.5) is 0 Å². The maximum Gasteiger partial charge on any atom is 0.230 e. The number of benzene rings is 2. The summed E-state index contributed by atoms with van der Waals surface area (Å²) in [5, 5.41) is 12.3. The first kappa shape index (κ1) is 24.8. The highest BCUT2D eigenvalue weighted by Crippen LogP contribution is 2.30. The molecule has 3 aromatic rings. The second kappa shape index (κ2) is 13.0. The third-order valence-corrected chi connectivity index (χ3v) is 5.98. The minimum atomic E-state index is -0.00321. The Morgan fingerprint density at radius 2 is 1.85 bits per heavy atom. The summed E-state index contributed by atoms with van der Waals surface area (Å²) in [6.45, 7) is 6.33. The molecule has 1 heterocycles. The van der Waals surface area contributed by atoms with Gasteiger partial charge in [0.15, 0.2) is 11.0 Å². The molecule has 1 N–H and O–H groups in total. The molecule has 2 aromatic carbocycles. The first-order valence-corrected chi connectivity index (χ1v) is 12.1. The number of nitrogens with one attached hydrogen (secondary N) is 1. The number of hydrogen-bond acceptors (Lipinski definition) is 6. The van der Waals surface area contributed by atoms with Crippen molar-refractivity contribution in [1.82, 2.24) is 20.1 Å². The first-order chi connectivity index (χ1) is 16.1. The lowest BCUT2D eigenvalue weighted by Crippen LogP contribution is -2.27. The summed E-state index contributed by atoms with van der Waals surface area (Å²) in [4.78, 5) is 12.2. The lowest BCUT2D eigenvalue weighted by molar-refractivity contribution is -0.118. The fourth-order valence-electron chi connectivity index (χ4n) is 3.21. The molecule has 8 heteroatoms. The van der Waals surface area contributed by atoms with E-state index in [1.807, 2.05) is 47.0 Å². The molecular formula is C25H32N4O3S. The number of para-hydroxylation sites is 1. The molecule has 0 aliphatic rings. The Bertz CT molecular complexity index is 1010. The van der Waals surface area contributed by atoms with Gasteiger partial charge in [-0.3, -0.25) is 4.79 Å². The molecule has 0 radical (unpaired) electrons. The predicted molar refractivity (Wildman–Crippen MR) is 131 cm³/mol. The molecule has 0 aliphatic heterocycles. The number of ether oxygens (including phenoxy) is 2. The maximum atomic E-state index is 12.2. The van der Waals surface area contributed by atoms with Gasteiger partial charge in [0.2, 0.25) is 5.91 Å². The third kappa shape index (κ3) is 7.61. The van der Waals surface area contributed by atoms with Gasteiger partial charge < -0.3 is 19.4 Å². The summed E-state index contributed by atoms with van der Waals surface area (Å²) in [5.74, 6) is 2.32. The van der Waals surface area contributed by atoms with Crippen LogP contribution in [0, 0.1) is 5.92 Å². The zero-order valence-corrected chi connectivity index (χ0v) is 20.3. The Morgan fingerprint density at radius 1 is 1.09 bits per heavy atom. The van der Waals surface area contributed by atoms with Crippen LogP contribution in [0.5, 0.6) is 5.75 Å². The van der Waals surface area contributed by atoms with Crippen LogP contribution >= 0.6 is 11.8 Å². The quantitative estimate of drug-likeness (QED) is 0.374. The Morgan fingerprint density at radius 3 is 2.61 bits per heavy atom. The van der Waals surface area contributed by atoms with E-state index in [0.717, 1.165) is 23.3 Å². The van der Waals surface area contributed by atoms with Crippen molar-refractivity contribution in [2.45, 2.75) is 38.6 Å². The van der Waals surface area contributed by atoms with Gasteiger partial charge in [-0.25, -0.2) is 0 Å². The van der Waals surface area contributed by atoms with Crippen molar-refractivity contribution in [2.24, 2.45) is 5.92 Å². The van der Waals surface area contributed by atoms with Crippen molar-refractivity contribution in [2.75, 3.05) is 26.0 Å². The summed E-state index contributed by atoms with van der Waals surface area (Å²) in [5.41, 5.74) is 2.11. The molecule has 0 bridgehead atoms. The number of amides is 1. The number of rotatable bonds is 13. The van der Waals surface area contributed by atoms with Crippen LogP contribution < -0.4 is 10.1 Å². The standard InChI is InChI=1S/C25H32N4O3S/c1-19(2)13-14-26-24(30)18-33-25-28-27-23(29(25)15-16-31-3)17-32-22-12-8-7-11-21(22)20-9-5-4-6-10-20/h4-12,19H,13-18H2,1-3H3,(H,26,30). The monoisotopic (exact) mass is 468 g/mol. The zero-order chi connectivity index (χ0) is 23.5. The second-order valence-corrected chi connectivity index (χ2v) is 8.96. The van der Waals surface area contributed by atoms with Crippen LogP contribution in [0.3, 0.4) is 0 Å². The first-order valence-electron chi connectivity index (χ1n) is 11.2. The van der Waals surface area contributed by atoms with Crippen LogP contribution in [-0.4, -0.2) is 46.7 Å². The van der Waals surface area contributed by atoms with Gasteiger partial charge in [-0.05, 0) is 24.0 Å². The van der Waals surface area contributed by atoms with Crippen molar-refractivity contribution in [3.63, 3.8) is 0 Å². The summed E-state index contributed by atoms with van der Waals surface area (Å²) >= 11 is 1.37. The third-order valence-electron chi connectivity index (χ3n) is 5.02. The molecule has 0 saturated carbocycles. The topological polar surface area (TPSA) is 78.3 Å². The van der Waals surface area contributed by atoms with E-state index in [1.165, 1.54) is 11.8 Å². The van der Waals surface area contributed by atoms with Gasteiger partial charge >= 0.3 is 0 Å². The van der Waals surface area contributed by atoms with Gasteiger partial charge in [-0.15, -0.1) is 10.2 Å². The minimum Gasteiger partial charge on any atom is -0.485 e. The molecule has 0 atom stereocenters. The average molecular weight is 469 g/mol. The van der Waals surface area contributed by atoms with Crippen LogP contribution in [0.15, 0.2) is 59.8 Å². The number of carbonyl (C=O) groups is 1. The fraction of sp³-hybridized carbons (Fsp3) is 0.400. The molecular weight excluding hydrogens is 436 g/mol. The molecule has 176 valence electrons. The lowest BCUT2D eigenvalue weighted by atomic mass is 10.1. The summed E-state index contributed by atoms with van der Waals surface area (Å²) in [7, 11) is 1.66. The second-order valence-electron chi connectivity index (χ2n) is 8.02. The molecule has 3 rings (SSSR count). The van der Waals surface area contributed by atoms with Crippen LogP contribution in [0.2, 0.25) is 0 Å². The van der Waals surface area contributed by atoms with Crippen molar-refractivity contribution in [3.8, 4) is 16.9 Å². The summed E-state index contributed by atoms with van der Waals surface area (Å²) in [6, 6.07) is 18.1. The summed E-state index contributed by atoms with van der Waals surface area (Å²) in [6.07, 6.45) is 0.965. The highest BCUT2D eigenvalue weighted by atomic mass is 32.2. The van der Waals surface area contributed by atoms with Crippen LogP contribution in [0.25, 0.3) is 11.1 Å². The van der Waals surface area contributed by atoms with E-state index in [4.69, 9.17) is 9.47 Å². The van der Waals surface area contributed by atoms with E-state index in [1.54, 1.807) is 7.11 Å². The Kier molecular flexibility index (Phi) is 9.77. The van der Waals surface area contributed by atoms with E-state index >= 15 is 0 Å². The molecule has 0 spiro atoms. The number of nitrogens with zero attached hydrogens (tertiary/aromatic N) is 3. The zero-order valence-electron chi connectivity index (χ0n) is 19.5. The smallest absolute Gasteiger partial charge is 0.230 e. The van der Waals surface area contributed by atoms with E-state index in [2.05, 4.69) is 41.5 Å². The molecule has 7 nitrogen and oxygen atoms in total. The number of carbonyl (C=O) groups excluding carboxylic acids is 1. The van der Waals surface area contributed by atoms with Gasteiger partial charge in [0, 0.05) is 25.8 Å². The molecule has 1 aromatic heterocycles. The molecule has 0 fully saturated rings. The number of hydrogen-bond donors (Lipinski definition) is 1. The highest BCUT2D eigenvalue weighted by Gasteiger charge is 2.16. The minimum absolute atomic E-state index is 0.00321. The molecule has 33 heavy (non-hydrogen) atoms. The Balaban J connectivity index is 1.66. The largest absolute Gasteiger partial charge is 0.485 e. The number of methoxy groups -OCH3 is 1. The SMILES string of the molecule is COCCn1c(COc2ccccc2-c2ccccc2)nnc1SCC(=O)NCCC(C)C. The van der Waals surface area contributed by atoms with E-state index in [0.29, 0.717) is 42.3 Å². The van der Waals surface area contributed by atoms with E-state index < -0.39 is 0 Å². The average Bonchev–Trinajstić information content (AvgIpc) is 3.22. The molecule has 0 aliphatic carbocycles. The summed E-state index contributed by atoms with van der Waals surface area (Å²) < 4.78 is 13.4. The van der Waals surface area contributed by atoms with Gasteiger partial charge in [-0.2, -0.15) is 0 Å². The van der Waals surface area contributed by atoms with Crippen molar-refractivity contribution in [1.29, 1.82) is 0 Å². The predicted octanol–water partition coefficient (Wildman–Crippen LogP) is 4.42. The Labute approximate surface area is 199 Å². The van der Waals surface area contributed by atoms with E-state index in [-0.39, 0.29) is 12.5 Å². The Hall–Kier alpha value is -2.84. The fourth-order valence-corrected chi connectivity index (χ4v) is 4.03. The van der Waals surface area contributed by atoms with Crippen molar-refractivity contribution < 1.29 is 14.3 Å². The van der Waals surface area contributed by atoms with Gasteiger partial charge in [-0.1, -0.05) is 74.1 Å². The molecule has 0 unspecified atom stereocenters. The van der Waals surface area contributed by atoms with Gasteiger partial charge in [0.25, 0.3) is 0 Å². The van der Waals surface area contributed by atoms with Crippen LogP contribution in [-0.2, 0) is 22.7 Å². The van der Waals surface area contributed by atoms with Crippen molar-refractivity contribution in [3.05, 3.63) is 60.4 Å². The maximum absolute atomic E-state index is 12.2. The highest BCUT2D eigenvalue weighted by molar-refractivity contribution is 7.99. The van der Waals surface area contributed by atoms with Gasteiger partial charge in [0.1, 0.15) is 12.4 Å². The van der Waals surface area contributed by atoms with E-state index in [9.17, 15) is 4.79 Å². The van der Waals surface area contributed by atoms with Crippen molar-refractivity contribution >= 4 is 17.7 Å². The normalized spacial score (nSPS) is 11.0. The number of thioether (sulfide) groups is 1. The molecule has 0 saturated heterocycles. The van der Waals surface area contributed by atoms with Gasteiger partial charge in [0.05, 0.1) is 12.4 Å². The van der Waals surface area contributed by atoms with Crippen LogP contribution in [0.1, 0.15) is 26.1 Å². The molecule has 1 amide bonds.